The van der Waals surface area contributed by atoms with E-state index in [1.54, 1.807) is 18.3 Å². The molecule has 0 unspecified atom stereocenters. The maximum atomic E-state index is 12.0. The van der Waals surface area contributed by atoms with Crippen LogP contribution in [-0.2, 0) is 9.47 Å². The second kappa shape index (κ2) is 7.73. The smallest absolute Gasteiger partial charge is 0.356 e. The number of rotatable bonds is 4. The molecule has 3 aromatic heterocycles. The van der Waals surface area contributed by atoms with E-state index in [0.29, 0.717) is 29.7 Å². The minimum atomic E-state index is -0.484. The third-order valence-corrected chi connectivity index (χ3v) is 5.11. The van der Waals surface area contributed by atoms with E-state index in [-0.39, 0.29) is 11.7 Å². The van der Waals surface area contributed by atoms with Crippen LogP contribution in [0.15, 0.2) is 30.5 Å². The highest BCUT2D eigenvalue weighted by Gasteiger charge is 2.24. The molecule has 4 rings (SSSR count). The first-order valence-electron chi connectivity index (χ1n) is 8.99. The average molecular weight is 402 g/mol. The summed E-state index contributed by atoms with van der Waals surface area (Å²) < 4.78 is 12.3. The number of carbonyl (C=O) groups excluding carboxylic acids is 1. The standard InChI is InChI=1S/C19H20ClN5O3/c1-24(13-3-6-16(20)21-11-13)18-17-15(5-4-14(22-17)19(26)27-2)25(23-18)12-7-9-28-10-8-12/h3-6,11-12H,7-10H2,1-2H3. The van der Waals surface area contributed by atoms with Crippen molar-refractivity contribution in [2.45, 2.75) is 18.9 Å². The molecule has 0 radical (unpaired) electrons. The topological polar surface area (TPSA) is 82.4 Å². The molecule has 0 aromatic carbocycles. The Morgan fingerprint density at radius 2 is 2.07 bits per heavy atom. The molecule has 0 N–H and O–H groups in total. The fraction of sp³-hybridized carbons (Fsp3) is 0.368. The van der Waals surface area contributed by atoms with Gasteiger partial charge in [-0.05, 0) is 37.1 Å². The summed E-state index contributed by atoms with van der Waals surface area (Å²) >= 11 is 5.91. The van der Waals surface area contributed by atoms with Gasteiger partial charge in [-0.2, -0.15) is 5.10 Å². The van der Waals surface area contributed by atoms with Crippen molar-refractivity contribution in [2.75, 3.05) is 32.3 Å². The molecule has 9 heteroatoms. The van der Waals surface area contributed by atoms with Gasteiger partial charge in [0.2, 0.25) is 0 Å². The van der Waals surface area contributed by atoms with Crippen molar-refractivity contribution in [1.82, 2.24) is 19.7 Å². The molecular formula is C19H20ClN5O3. The van der Waals surface area contributed by atoms with Crippen molar-refractivity contribution in [2.24, 2.45) is 0 Å². The van der Waals surface area contributed by atoms with Crippen molar-refractivity contribution in [3.05, 3.63) is 41.3 Å². The molecule has 1 saturated heterocycles. The fourth-order valence-corrected chi connectivity index (χ4v) is 3.46. The summed E-state index contributed by atoms with van der Waals surface area (Å²) in [5.74, 6) is 0.152. The summed E-state index contributed by atoms with van der Waals surface area (Å²) in [7, 11) is 3.22. The summed E-state index contributed by atoms with van der Waals surface area (Å²) in [4.78, 5) is 22.6. The lowest BCUT2D eigenvalue weighted by Gasteiger charge is -2.23. The zero-order chi connectivity index (χ0) is 19.7. The van der Waals surface area contributed by atoms with Gasteiger partial charge in [-0.15, -0.1) is 0 Å². The van der Waals surface area contributed by atoms with Crippen molar-refractivity contribution in [1.29, 1.82) is 0 Å². The quantitative estimate of drug-likeness (QED) is 0.489. The van der Waals surface area contributed by atoms with Gasteiger partial charge in [0.25, 0.3) is 0 Å². The van der Waals surface area contributed by atoms with Crippen LogP contribution in [-0.4, -0.2) is 53.1 Å². The van der Waals surface area contributed by atoms with Crippen LogP contribution in [0.25, 0.3) is 11.0 Å². The van der Waals surface area contributed by atoms with E-state index in [0.717, 1.165) is 24.0 Å². The Balaban J connectivity index is 1.84. The molecule has 0 atom stereocenters. The second-order valence-electron chi connectivity index (χ2n) is 6.57. The highest BCUT2D eigenvalue weighted by atomic mass is 35.5. The van der Waals surface area contributed by atoms with Crippen molar-refractivity contribution >= 4 is 40.1 Å². The van der Waals surface area contributed by atoms with E-state index in [1.165, 1.54) is 7.11 Å². The lowest BCUT2D eigenvalue weighted by Crippen LogP contribution is -2.21. The van der Waals surface area contributed by atoms with Gasteiger partial charge in [0.05, 0.1) is 30.6 Å². The van der Waals surface area contributed by atoms with E-state index >= 15 is 0 Å². The predicted octanol–water partition coefficient (Wildman–Crippen LogP) is 3.39. The van der Waals surface area contributed by atoms with Gasteiger partial charge in [0, 0.05) is 20.3 Å². The second-order valence-corrected chi connectivity index (χ2v) is 6.95. The van der Waals surface area contributed by atoms with Crippen LogP contribution >= 0.6 is 11.6 Å². The highest BCUT2D eigenvalue weighted by Crippen LogP contribution is 2.33. The zero-order valence-corrected chi connectivity index (χ0v) is 16.4. The van der Waals surface area contributed by atoms with Gasteiger partial charge in [-0.25, -0.2) is 14.8 Å². The first-order chi connectivity index (χ1) is 13.6. The molecule has 1 aliphatic rings. The predicted molar refractivity (Wildman–Crippen MR) is 105 cm³/mol. The Hall–Kier alpha value is -2.71. The largest absolute Gasteiger partial charge is 0.464 e. The average Bonchev–Trinajstić information content (AvgIpc) is 3.12. The van der Waals surface area contributed by atoms with Crippen LogP contribution in [0.4, 0.5) is 11.5 Å². The minimum absolute atomic E-state index is 0.215. The number of nitrogens with zero attached hydrogens (tertiary/aromatic N) is 5. The maximum absolute atomic E-state index is 12.0. The number of methoxy groups -OCH3 is 1. The fourth-order valence-electron chi connectivity index (χ4n) is 3.35. The molecule has 0 aliphatic carbocycles. The van der Waals surface area contributed by atoms with E-state index in [1.807, 2.05) is 28.8 Å². The van der Waals surface area contributed by atoms with Crippen LogP contribution in [0.2, 0.25) is 5.15 Å². The lowest BCUT2D eigenvalue weighted by atomic mass is 10.1. The van der Waals surface area contributed by atoms with Gasteiger partial charge in [-0.1, -0.05) is 11.6 Å². The van der Waals surface area contributed by atoms with E-state index in [9.17, 15) is 4.79 Å². The summed E-state index contributed by atoms with van der Waals surface area (Å²) in [5, 5.41) is 5.27. The molecule has 0 spiro atoms. The molecule has 1 fully saturated rings. The number of hydrogen-bond donors (Lipinski definition) is 0. The Kier molecular flexibility index (Phi) is 5.15. The van der Waals surface area contributed by atoms with E-state index in [4.69, 9.17) is 26.2 Å². The summed E-state index contributed by atoms with van der Waals surface area (Å²) in [5.41, 5.74) is 2.55. The van der Waals surface area contributed by atoms with Crippen molar-refractivity contribution in [3.63, 3.8) is 0 Å². The van der Waals surface area contributed by atoms with Crippen LogP contribution in [0.3, 0.4) is 0 Å². The van der Waals surface area contributed by atoms with Gasteiger partial charge in [-0.3, -0.25) is 4.68 Å². The first-order valence-corrected chi connectivity index (χ1v) is 9.37. The Bertz CT molecular complexity index is 999. The van der Waals surface area contributed by atoms with Crippen LogP contribution in [0.5, 0.6) is 0 Å². The van der Waals surface area contributed by atoms with Gasteiger partial charge in [0.1, 0.15) is 16.4 Å². The molecule has 4 heterocycles. The zero-order valence-electron chi connectivity index (χ0n) is 15.6. The monoisotopic (exact) mass is 401 g/mol. The van der Waals surface area contributed by atoms with E-state index < -0.39 is 5.97 Å². The van der Waals surface area contributed by atoms with Crippen molar-refractivity contribution in [3.8, 4) is 0 Å². The third-order valence-electron chi connectivity index (χ3n) is 4.88. The Morgan fingerprint density at radius 1 is 1.29 bits per heavy atom. The van der Waals surface area contributed by atoms with Gasteiger partial charge in [0.15, 0.2) is 5.82 Å². The SMILES string of the molecule is COC(=O)c1ccc2c(n1)c(N(C)c1ccc(Cl)nc1)nn2C1CCOCC1. The van der Waals surface area contributed by atoms with Crippen molar-refractivity contribution < 1.29 is 14.3 Å². The molecule has 0 amide bonds. The normalized spacial score (nSPS) is 15.0. The molecular weight excluding hydrogens is 382 g/mol. The number of halogens is 1. The van der Waals surface area contributed by atoms with Gasteiger partial charge >= 0.3 is 5.97 Å². The summed E-state index contributed by atoms with van der Waals surface area (Å²) in [6.45, 7) is 1.40. The molecule has 146 valence electrons. The number of anilines is 2. The molecule has 3 aromatic rings. The number of esters is 1. The minimum Gasteiger partial charge on any atom is -0.464 e. The number of fused-ring (bicyclic) bond motifs is 1. The van der Waals surface area contributed by atoms with Crippen LogP contribution in [0.1, 0.15) is 29.4 Å². The summed E-state index contributed by atoms with van der Waals surface area (Å²) in [6, 6.07) is 7.33. The van der Waals surface area contributed by atoms with Crippen LogP contribution < -0.4 is 4.90 Å². The number of pyridine rings is 2. The van der Waals surface area contributed by atoms with Gasteiger partial charge < -0.3 is 14.4 Å². The number of hydrogen-bond acceptors (Lipinski definition) is 7. The first kappa shape index (κ1) is 18.6. The van der Waals surface area contributed by atoms with Crippen LogP contribution in [0, 0.1) is 0 Å². The van der Waals surface area contributed by atoms with E-state index in [2.05, 4.69) is 9.97 Å². The highest BCUT2D eigenvalue weighted by molar-refractivity contribution is 6.29. The lowest BCUT2D eigenvalue weighted by molar-refractivity contribution is 0.0594. The Morgan fingerprint density at radius 3 is 2.75 bits per heavy atom. The maximum Gasteiger partial charge on any atom is 0.356 e. The number of carbonyl (C=O) groups is 1. The number of aromatic nitrogens is 4. The molecule has 8 nitrogen and oxygen atoms in total. The molecule has 1 aliphatic heterocycles. The molecule has 0 bridgehead atoms. The third kappa shape index (κ3) is 3.41. The molecule has 0 saturated carbocycles. The Labute approximate surface area is 167 Å². The summed E-state index contributed by atoms with van der Waals surface area (Å²) in [6.07, 6.45) is 3.42. The molecule has 28 heavy (non-hydrogen) atoms. The number of ether oxygens (including phenoxy) is 2.